The van der Waals surface area contributed by atoms with Gasteiger partial charge in [0.15, 0.2) is 0 Å². The lowest BCUT2D eigenvalue weighted by atomic mass is 10.2. The highest BCUT2D eigenvalue weighted by atomic mass is 16.6. The standard InChI is InChI=1S/C18H30N4O4/c1-6-7-8-9-10-15(23)19-20(5)16(24)21-11-13-22(14-12-21)17(25)26-18(2,3)4/h8-14H2,1-5H3,(H,19,23). The Balaban J connectivity index is 2.38. The monoisotopic (exact) mass is 366 g/mol. The largest absolute Gasteiger partial charge is 0.444 e. The predicted molar refractivity (Wildman–Crippen MR) is 98.0 cm³/mol. The number of rotatable bonds is 3. The van der Waals surface area contributed by atoms with Gasteiger partial charge in [-0.15, -0.1) is 11.8 Å². The summed E-state index contributed by atoms with van der Waals surface area (Å²) in [4.78, 5) is 39.5. The second-order valence-corrected chi connectivity index (χ2v) is 7.11. The third kappa shape index (κ3) is 7.64. The van der Waals surface area contributed by atoms with E-state index in [1.165, 1.54) is 12.1 Å². The molecule has 8 heteroatoms. The molecule has 8 nitrogen and oxygen atoms in total. The molecule has 0 radical (unpaired) electrons. The molecular formula is C18H30N4O4. The molecule has 0 saturated carbocycles. The Bertz CT molecular complexity index is 566. The van der Waals surface area contributed by atoms with Gasteiger partial charge in [-0.3, -0.25) is 10.2 Å². The number of unbranched alkanes of at least 4 members (excludes halogenated alkanes) is 1. The van der Waals surface area contributed by atoms with E-state index in [1.807, 2.05) is 20.8 Å². The highest BCUT2D eigenvalue weighted by Crippen LogP contribution is 2.12. The molecule has 4 amide bonds. The van der Waals surface area contributed by atoms with Crippen LogP contribution in [0.2, 0.25) is 0 Å². The molecule has 0 aromatic heterocycles. The number of urea groups is 1. The van der Waals surface area contributed by atoms with E-state index in [0.717, 1.165) is 0 Å². The number of nitrogens with zero attached hydrogens (tertiary/aromatic N) is 3. The van der Waals surface area contributed by atoms with Crippen molar-refractivity contribution in [1.82, 2.24) is 20.2 Å². The first-order chi connectivity index (χ1) is 12.1. The molecule has 0 unspecified atom stereocenters. The molecule has 0 aliphatic carbocycles. The van der Waals surface area contributed by atoms with Crippen molar-refractivity contribution in [2.45, 2.75) is 52.6 Å². The normalized spacial score (nSPS) is 14.2. The Labute approximate surface area is 155 Å². The number of hydrazine groups is 1. The first-order valence-corrected chi connectivity index (χ1v) is 8.83. The van der Waals surface area contributed by atoms with Crippen molar-refractivity contribution < 1.29 is 19.1 Å². The van der Waals surface area contributed by atoms with Crippen molar-refractivity contribution in [1.29, 1.82) is 0 Å². The fourth-order valence-electron chi connectivity index (χ4n) is 2.37. The second kappa shape index (κ2) is 9.90. The van der Waals surface area contributed by atoms with Crippen LogP contribution in [0.15, 0.2) is 0 Å². The van der Waals surface area contributed by atoms with Crippen molar-refractivity contribution in [3.05, 3.63) is 0 Å². The lowest BCUT2D eigenvalue weighted by molar-refractivity contribution is -0.124. The molecule has 1 fully saturated rings. The fourth-order valence-corrected chi connectivity index (χ4v) is 2.37. The van der Waals surface area contributed by atoms with Crippen LogP contribution in [-0.4, -0.2) is 71.7 Å². The molecule has 146 valence electrons. The van der Waals surface area contributed by atoms with Crippen LogP contribution in [0.4, 0.5) is 9.59 Å². The molecule has 0 bridgehead atoms. The van der Waals surface area contributed by atoms with E-state index in [-0.39, 0.29) is 18.0 Å². The number of piperazine rings is 1. The molecule has 0 atom stereocenters. The van der Waals surface area contributed by atoms with Gasteiger partial charge in [-0.25, -0.2) is 14.6 Å². The van der Waals surface area contributed by atoms with Crippen LogP contribution >= 0.6 is 0 Å². The summed E-state index contributed by atoms with van der Waals surface area (Å²) in [6.45, 7) is 8.80. The number of nitrogens with one attached hydrogen (secondary N) is 1. The van der Waals surface area contributed by atoms with E-state index in [0.29, 0.717) is 45.4 Å². The fraction of sp³-hybridized carbons (Fsp3) is 0.722. The lowest BCUT2D eigenvalue weighted by Crippen LogP contribution is -2.56. The molecule has 0 aromatic rings. The maximum absolute atomic E-state index is 12.4. The molecule has 1 rings (SSSR count). The minimum atomic E-state index is -0.544. The van der Waals surface area contributed by atoms with Gasteiger partial charge >= 0.3 is 12.1 Å². The number of carbonyl (C=O) groups is 3. The van der Waals surface area contributed by atoms with Gasteiger partial charge in [0.1, 0.15) is 5.60 Å². The summed E-state index contributed by atoms with van der Waals surface area (Å²) in [6.07, 6.45) is 1.26. The Morgan fingerprint density at radius 1 is 1.12 bits per heavy atom. The molecule has 26 heavy (non-hydrogen) atoms. The topological polar surface area (TPSA) is 82.2 Å². The van der Waals surface area contributed by atoms with Gasteiger partial charge in [-0.2, -0.15) is 0 Å². The molecule has 1 aliphatic rings. The first-order valence-electron chi connectivity index (χ1n) is 8.83. The summed E-state index contributed by atoms with van der Waals surface area (Å²) >= 11 is 0. The van der Waals surface area contributed by atoms with Gasteiger partial charge in [0, 0.05) is 46.1 Å². The molecule has 1 N–H and O–H groups in total. The van der Waals surface area contributed by atoms with Gasteiger partial charge < -0.3 is 14.5 Å². The number of hydrogen-bond acceptors (Lipinski definition) is 4. The SMILES string of the molecule is CC#CCCCC(=O)NN(C)C(=O)N1CCN(C(=O)OC(C)(C)C)CC1. The van der Waals surface area contributed by atoms with Gasteiger partial charge in [0.05, 0.1) is 0 Å². The van der Waals surface area contributed by atoms with E-state index < -0.39 is 5.60 Å². The van der Waals surface area contributed by atoms with Crippen LogP contribution in [0.25, 0.3) is 0 Å². The van der Waals surface area contributed by atoms with Crippen LogP contribution in [0.5, 0.6) is 0 Å². The predicted octanol–water partition coefficient (Wildman–Crippen LogP) is 1.82. The minimum Gasteiger partial charge on any atom is -0.444 e. The van der Waals surface area contributed by atoms with Crippen molar-refractivity contribution in [3.63, 3.8) is 0 Å². The van der Waals surface area contributed by atoms with E-state index in [1.54, 1.807) is 16.7 Å². The molecule has 0 aromatic carbocycles. The second-order valence-electron chi connectivity index (χ2n) is 7.11. The summed E-state index contributed by atoms with van der Waals surface area (Å²) in [6, 6.07) is -0.296. The van der Waals surface area contributed by atoms with E-state index in [4.69, 9.17) is 4.74 Å². The van der Waals surface area contributed by atoms with E-state index in [2.05, 4.69) is 17.3 Å². The summed E-state index contributed by atoms with van der Waals surface area (Å²) in [5.74, 6) is 5.46. The molecule has 1 saturated heterocycles. The minimum absolute atomic E-state index is 0.217. The summed E-state index contributed by atoms with van der Waals surface area (Å²) in [5.41, 5.74) is 2.02. The summed E-state index contributed by atoms with van der Waals surface area (Å²) in [5, 5.41) is 1.19. The molecule has 0 spiro atoms. The van der Waals surface area contributed by atoms with Gasteiger partial charge in [-0.1, -0.05) is 0 Å². The van der Waals surface area contributed by atoms with Crippen LogP contribution in [0.3, 0.4) is 0 Å². The van der Waals surface area contributed by atoms with Crippen molar-refractivity contribution in [2.24, 2.45) is 0 Å². The maximum Gasteiger partial charge on any atom is 0.410 e. The molecular weight excluding hydrogens is 336 g/mol. The van der Waals surface area contributed by atoms with E-state index in [9.17, 15) is 14.4 Å². The van der Waals surface area contributed by atoms with Crippen molar-refractivity contribution in [2.75, 3.05) is 33.2 Å². The van der Waals surface area contributed by atoms with Gasteiger partial charge in [0.25, 0.3) is 0 Å². The quantitative estimate of drug-likeness (QED) is 0.469. The van der Waals surface area contributed by atoms with Crippen LogP contribution in [0, 0.1) is 11.8 Å². The van der Waals surface area contributed by atoms with Crippen molar-refractivity contribution >= 4 is 18.0 Å². The van der Waals surface area contributed by atoms with Crippen LogP contribution < -0.4 is 5.43 Å². The Morgan fingerprint density at radius 2 is 1.69 bits per heavy atom. The third-order valence-electron chi connectivity index (χ3n) is 3.66. The van der Waals surface area contributed by atoms with Crippen LogP contribution in [0.1, 0.15) is 47.0 Å². The first kappa shape index (κ1) is 21.6. The average Bonchev–Trinajstić information content (AvgIpc) is 2.56. The van der Waals surface area contributed by atoms with Crippen molar-refractivity contribution in [3.8, 4) is 11.8 Å². The summed E-state index contributed by atoms with van der Waals surface area (Å²) < 4.78 is 5.33. The number of ether oxygens (including phenoxy) is 1. The Hall–Kier alpha value is -2.43. The Kier molecular flexibility index (Phi) is 8.23. The van der Waals surface area contributed by atoms with E-state index >= 15 is 0 Å². The van der Waals surface area contributed by atoms with Crippen LogP contribution in [-0.2, 0) is 9.53 Å². The van der Waals surface area contributed by atoms with Gasteiger partial charge in [-0.05, 0) is 34.1 Å². The third-order valence-corrected chi connectivity index (χ3v) is 3.66. The zero-order valence-corrected chi connectivity index (χ0v) is 16.4. The zero-order chi connectivity index (χ0) is 19.7. The molecule has 1 aliphatic heterocycles. The number of amides is 4. The smallest absolute Gasteiger partial charge is 0.410 e. The summed E-state index contributed by atoms with van der Waals surface area (Å²) in [7, 11) is 1.52. The maximum atomic E-state index is 12.4. The Morgan fingerprint density at radius 3 is 2.23 bits per heavy atom. The van der Waals surface area contributed by atoms with Gasteiger partial charge in [0.2, 0.25) is 5.91 Å². The number of hydrogen-bond donors (Lipinski definition) is 1. The number of carbonyl (C=O) groups excluding carboxylic acids is 3. The highest BCUT2D eigenvalue weighted by Gasteiger charge is 2.29. The zero-order valence-electron chi connectivity index (χ0n) is 16.4. The average molecular weight is 366 g/mol. The lowest BCUT2D eigenvalue weighted by Gasteiger charge is -2.37. The highest BCUT2D eigenvalue weighted by molar-refractivity contribution is 5.81. The molecule has 1 heterocycles.